The molecule has 0 radical (unpaired) electrons. The van der Waals surface area contributed by atoms with Crippen LogP contribution in [-0.2, 0) is 4.74 Å². The molecule has 0 heterocycles. The van der Waals surface area contributed by atoms with Crippen LogP contribution in [0.1, 0.15) is 31.9 Å². The summed E-state index contributed by atoms with van der Waals surface area (Å²) in [7, 11) is 0. The second-order valence-electron chi connectivity index (χ2n) is 4.24. The lowest BCUT2D eigenvalue weighted by Gasteiger charge is -2.14. The van der Waals surface area contributed by atoms with Crippen LogP contribution in [0.4, 0.5) is 0 Å². The van der Waals surface area contributed by atoms with Gasteiger partial charge in [0.1, 0.15) is 11.8 Å². The first-order valence-electron chi connectivity index (χ1n) is 6.68. The molecule has 1 aromatic carbocycles. The van der Waals surface area contributed by atoms with Crippen molar-refractivity contribution >= 4 is 0 Å². The molecular formula is C15H22N2O2. The van der Waals surface area contributed by atoms with Crippen LogP contribution in [0.2, 0.25) is 0 Å². The minimum atomic E-state index is 0.0879. The molecule has 0 fully saturated rings. The van der Waals surface area contributed by atoms with Crippen LogP contribution < -0.4 is 10.1 Å². The molecule has 0 saturated heterocycles. The molecule has 0 amide bonds. The Kier molecular flexibility index (Phi) is 7.64. The fraction of sp³-hybridized carbons (Fsp3) is 0.533. The molecule has 0 aliphatic rings. The lowest BCUT2D eigenvalue weighted by Crippen LogP contribution is -2.20. The largest absolute Gasteiger partial charge is 0.479 e. The zero-order chi connectivity index (χ0) is 13.9. The Morgan fingerprint density at radius 1 is 1.32 bits per heavy atom. The van der Waals surface area contributed by atoms with Gasteiger partial charge in [-0.05, 0) is 44.5 Å². The van der Waals surface area contributed by atoms with Crippen molar-refractivity contribution in [1.82, 2.24) is 5.32 Å². The van der Waals surface area contributed by atoms with E-state index >= 15 is 0 Å². The van der Waals surface area contributed by atoms with E-state index in [1.165, 1.54) is 5.56 Å². The Morgan fingerprint density at radius 2 is 2.05 bits per heavy atom. The van der Waals surface area contributed by atoms with E-state index in [4.69, 9.17) is 14.7 Å². The van der Waals surface area contributed by atoms with Gasteiger partial charge in [-0.15, -0.1) is 0 Å². The Bertz CT molecular complexity index is 384. The van der Waals surface area contributed by atoms with Crippen LogP contribution in [0, 0.1) is 11.3 Å². The first kappa shape index (κ1) is 15.5. The molecule has 1 unspecified atom stereocenters. The third-order valence-electron chi connectivity index (χ3n) is 2.80. The Hall–Kier alpha value is -1.57. The van der Waals surface area contributed by atoms with Gasteiger partial charge in [0.15, 0.2) is 6.61 Å². The SMILES string of the molecule is CCOCCCNC(C)c1ccc(OCC#N)cc1. The summed E-state index contributed by atoms with van der Waals surface area (Å²) >= 11 is 0. The molecule has 19 heavy (non-hydrogen) atoms. The van der Waals surface area contributed by atoms with Gasteiger partial charge < -0.3 is 14.8 Å². The maximum atomic E-state index is 8.43. The summed E-state index contributed by atoms with van der Waals surface area (Å²) in [6, 6.07) is 10.1. The van der Waals surface area contributed by atoms with E-state index in [1.54, 1.807) is 0 Å². The third kappa shape index (κ3) is 6.23. The topological polar surface area (TPSA) is 54.3 Å². The molecule has 4 nitrogen and oxygen atoms in total. The van der Waals surface area contributed by atoms with E-state index in [0.717, 1.165) is 31.9 Å². The van der Waals surface area contributed by atoms with Crippen molar-refractivity contribution in [2.75, 3.05) is 26.4 Å². The molecule has 4 heteroatoms. The standard InChI is InChI=1S/C15H22N2O2/c1-3-18-11-4-10-17-13(2)14-5-7-15(8-6-14)19-12-9-16/h5-8,13,17H,3-4,10-12H2,1-2H3. The van der Waals surface area contributed by atoms with Crippen LogP contribution in [0.5, 0.6) is 5.75 Å². The summed E-state index contributed by atoms with van der Waals surface area (Å²) in [5.74, 6) is 0.730. The summed E-state index contributed by atoms with van der Waals surface area (Å²) < 4.78 is 10.5. The summed E-state index contributed by atoms with van der Waals surface area (Å²) in [5, 5.41) is 11.9. The molecule has 1 rings (SSSR count). The van der Waals surface area contributed by atoms with Crippen molar-refractivity contribution in [3.63, 3.8) is 0 Å². The minimum absolute atomic E-state index is 0.0879. The minimum Gasteiger partial charge on any atom is -0.479 e. The average Bonchev–Trinajstić information content (AvgIpc) is 2.45. The number of nitrogens with one attached hydrogen (secondary N) is 1. The summed E-state index contributed by atoms with van der Waals surface area (Å²) in [6.07, 6.45) is 1.02. The second kappa shape index (κ2) is 9.37. The summed E-state index contributed by atoms with van der Waals surface area (Å²) in [6.45, 7) is 6.74. The van der Waals surface area contributed by atoms with Gasteiger partial charge in [0, 0.05) is 19.3 Å². The van der Waals surface area contributed by atoms with E-state index in [1.807, 2.05) is 37.3 Å². The third-order valence-corrected chi connectivity index (χ3v) is 2.80. The zero-order valence-corrected chi connectivity index (χ0v) is 11.7. The van der Waals surface area contributed by atoms with E-state index < -0.39 is 0 Å². The maximum Gasteiger partial charge on any atom is 0.174 e. The second-order valence-corrected chi connectivity index (χ2v) is 4.24. The van der Waals surface area contributed by atoms with Crippen LogP contribution >= 0.6 is 0 Å². The van der Waals surface area contributed by atoms with Crippen LogP contribution in [-0.4, -0.2) is 26.4 Å². The first-order chi connectivity index (χ1) is 9.27. The van der Waals surface area contributed by atoms with Gasteiger partial charge in [-0.1, -0.05) is 12.1 Å². The molecule has 0 aromatic heterocycles. The fourth-order valence-corrected chi connectivity index (χ4v) is 1.72. The van der Waals surface area contributed by atoms with Crippen LogP contribution in [0.15, 0.2) is 24.3 Å². The van der Waals surface area contributed by atoms with E-state index in [2.05, 4.69) is 12.2 Å². The highest BCUT2D eigenvalue weighted by Crippen LogP contribution is 2.17. The van der Waals surface area contributed by atoms with Gasteiger partial charge in [0.25, 0.3) is 0 Å². The highest BCUT2D eigenvalue weighted by Gasteiger charge is 2.04. The highest BCUT2D eigenvalue weighted by atomic mass is 16.5. The van der Waals surface area contributed by atoms with Crippen LogP contribution in [0.3, 0.4) is 0 Å². The maximum absolute atomic E-state index is 8.43. The predicted octanol–water partition coefficient (Wildman–Crippen LogP) is 2.67. The molecule has 0 spiro atoms. The summed E-state index contributed by atoms with van der Waals surface area (Å²) in [5.41, 5.74) is 1.21. The molecular weight excluding hydrogens is 240 g/mol. The van der Waals surface area contributed by atoms with Crippen LogP contribution in [0.25, 0.3) is 0 Å². The van der Waals surface area contributed by atoms with Gasteiger partial charge in [-0.25, -0.2) is 0 Å². The zero-order valence-electron chi connectivity index (χ0n) is 11.7. The molecule has 0 aliphatic heterocycles. The van der Waals surface area contributed by atoms with Crippen molar-refractivity contribution in [2.24, 2.45) is 0 Å². The number of hydrogen-bond acceptors (Lipinski definition) is 4. The fourth-order valence-electron chi connectivity index (χ4n) is 1.72. The van der Waals surface area contributed by atoms with Gasteiger partial charge in [0.2, 0.25) is 0 Å². The molecule has 0 aliphatic carbocycles. The molecule has 1 atom stereocenters. The number of ether oxygens (including phenoxy) is 2. The normalized spacial score (nSPS) is 11.8. The Morgan fingerprint density at radius 3 is 2.68 bits per heavy atom. The van der Waals surface area contributed by atoms with Crippen molar-refractivity contribution in [1.29, 1.82) is 5.26 Å². The molecule has 0 saturated carbocycles. The highest BCUT2D eigenvalue weighted by molar-refractivity contribution is 5.29. The smallest absolute Gasteiger partial charge is 0.174 e. The molecule has 1 aromatic rings. The molecule has 104 valence electrons. The average molecular weight is 262 g/mol. The van der Waals surface area contributed by atoms with E-state index in [0.29, 0.717) is 6.04 Å². The van der Waals surface area contributed by atoms with Gasteiger partial charge >= 0.3 is 0 Å². The Balaban J connectivity index is 2.32. The number of nitrogens with zero attached hydrogens (tertiary/aromatic N) is 1. The van der Waals surface area contributed by atoms with Gasteiger partial charge in [-0.2, -0.15) is 5.26 Å². The predicted molar refractivity (Wildman–Crippen MR) is 75.1 cm³/mol. The number of benzene rings is 1. The Labute approximate surface area is 115 Å². The number of nitriles is 1. The van der Waals surface area contributed by atoms with E-state index in [9.17, 15) is 0 Å². The number of hydrogen-bond donors (Lipinski definition) is 1. The number of rotatable bonds is 9. The van der Waals surface area contributed by atoms with Gasteiger partial charge in [-0.3, -0.25) is 0 Å². The summed E-state index contributed by atoms with van der Waals surface area (Å²) in [4.78, 5) is 0. The van der Waals surface area contributed by atoms with Crippen molar-refractivity contribution < 1.29 is 9.47 Å². The van der Waals surface area contributed by atoms with Crippen molar-refractivity contribution in [2.45, 2.75) is 26.3 Å². The van der Waals surface area contributed by atoms with Crippen molar-refractivity contribution in [3.8, 4) is 11.8 Å². The lowest BCUT2D eigenvalue weighted by molar-refractivity contribution is 0.144. The van der Waals surface area contributed by atoms with Crippen molar-refractivity contribution in [3.05, 3.63) is 29.8 Å². The first-order valence-corrected chi connectivity index (χ1v) is 6.68. The molecule has 0 bridgehead atoms. The van der Waals surface area contributed by atoms with E-state index in [-0.39, 0.29) is 6.61 Å². The monoisotopic (exact) mass is 262 g/mol. The van der Waals surface area contributed by atoms with Gasteiger partial charge in [0.05, 0.1) is 0 Å². The lowest BCUT2D eigenvalue weighted by atomic mass is 10.1. The quantitative estimate of drug-likeness (QED) is 0.695. The molecule has 1 N–H and O–H groups in total.